The topological polar surface area (TPSA) is 81.8 Å². The van der Waals surface area contributed by atoms with E-state index in [2.05, 4.69) is 9.72 Å². The highest BCUT2D eigenvalue weighted by atomic mass is 32.1. The Morgan fingerprint density at radius 2 is 2.26 bits per heavy atom. The highest BCUT2D eigenvalue weighted by Crippen LogP contribution is 2.32. The van der Waals surface area contributed by atoms with Crippen LogP contribution in [0.1, 0.15) is 16.1 Å². The zero-order chi connectivity index (χ0) is 16.2. The van der Waals surface area contributed by atoms with E-state index in [9.17, 15) is 9.90 Å². The van der Waals surface area contributed by atoms with Crippen molar-refractivity contribution in [3.05, 3.63) is 52.5 Å². The van der Waals surface area contributed by atoms with Crippen molar-refractivity contribution < 1.29 is 23.8 Å². The van der Waals surface area contributed by atoms with Crippen LogP contribution in [-0.4, -0.2) is 23.2 Å². The van der Waals surface area contributed by atoms with Gasteiger partial charge >= 0.3 is 5.97 Å². The molecule has 0 bridgehead atoms. The Hall–Kier alpha value is -2.80. The minimum Gasteiger partial charge on any atom is -0.507 e. The predicted molar refractivity (Wildman–Crippen MR) is 83.6 cm³/mol. The number of phenolic OH excluding ortho intramolecular Hbond substituents is 1. The maximum Gasteiger partial charge on any atom is 0.360 e. The monoisotopic (exact) mass is 331 g/mol. The van der Waals surface area contributed by atoms with E-state index in [1.807, 2.05) is 16.8 Å². The lowest BCUT2D eigenvalue weighted by Gasteiger charge is -2.07. The number of esters is 1. The Balaban J connectivity index is 1.76. The van der Waals surface area contributed by atoms with Crippen molar-refractivity contribution in [3.8, 4) is 23.0 Å². The van der Waals surface area contributed by atoms with Crippen LogP contribution in [0, 0.1) is 0 Å². The number of oxazole rings is 1. The third kappa shape index (κ3) is 3.35. The maximum atomic E-state index is 11.4. The number of nitrogens with zero attached hydrogens (tertiary/aromatic N) is 1. The lowest BCUT2D eigenvalue weighted by atomic mass is 10.2. The molecule has 23 heavy (non-hydrogen) atoms. The third-order valence-electron chi connectivity index (χ3n) is 3.08. The van der Waals surface area contributed by atoms with E-state index >= 15 is 0 Å². The van der Waals surface area contributed by atoms with E-state index in [1.54, 1.807) is 23.5 Å². The molecular weight excluding hydrogens is 318 g/mol. The molecule has 0 amide bonds. The summed E-state index contributed by atoms with van der Waals surface area (Å²) in [5.74, 6) is 0.00535. The van der Waals surface area contributed by atoms with Gasteiger partial charge in [0, 0.05) is 6.07 Å². The van der Waals surface area contributed by atoms with Crippen LogP contribution in [0.15, 0.2) is 45.7 Å². The van der Waals surface area contributed by atoms with Gasteiger partial charge in [-0.15, -0.1) is 0 Å². The first-order valence-electron chi connectivity index (χ1n) is 6.68. The predicted octanol–water partition coefficient (Wildman–Crippen LogP) is 3.47. The third-order valence-corrected chi connectivity index (χ3v) is 3.82. The number of aromatic nitrogens is 1. The summed E-state index contributed by atoms with van der Waals surface area (Å²) in [6.07, 6.45) is 1.18. The molecule has 0 fully saturated rings. The fraction of sp³-hybridized carbons (Fsp3) is 0.125. The van der Waals surface area contributed by atoms with Crippen LogP contribution in [0.2, 0.25) is 0 Å². The molecule has 0 saturated carbocycles. The quantitative estimate of drug-likeness (QED) is 0.721. The lowest BCUT2D eigenvalue weighted by molar-refractivity contribution is 0.0594. The van der Waals surface area contributed by atoms with E-state index in [0.29, 0.717) is 17.9 Å². The van der Waals surface area contributed by atoms with Crippen molar-refractivity contribution in [2.75, 3.05) is 7.11 Å². The molecular formula is C16H13NO5S. The molecule has 0 spiro atoms. The van der Waals surface area contributed by atoms with E-state index in [0.717, 1.165) is 5.56 Å². The summed E-state index contributed by atoms with van der Waals surface area (Å²) in [5.41, 5.74) is 1.47. The zero-order valence-corrected chi connectivity index (χ0v) is 13.0. The molecule has 2 heterocycles. The molecule has 0 atom stereocenters. The van der Waals surface area contributed by atoms with Crippen molar-refractivity contribution in [2.24, 2.45) is 0 Å². The normalized spacial score (nSPS) is 10.5. The summed E-state index contributed by atoms with van der Waals surface area (Å²) in [4.78, 5) is 15.4. The standard InChI is InChI=1S/C16H13NO5S/c1-20-16(19)13-8-22-15(17-13)12-3-2-11(6-14(12)18)21-7-10-4-5-23-9-10/h2-6,8-9,18H,7H2,1H3. The van der Waals surface area contributed by atoms with Gasteiger partial charge in [0.15, 0.2) is 5.69 Å². The van der Waals surface area contributed by atoms with E-state index < -0.39 is 5.97 Å². The number of aromatic hydroxyl groups is 1. The SMILES string of the molecule is COC(=O)c1coc(-c2ccc(OCc3ccsc3)cc2O)n1. The van der Waals surface area contributed by atoms with Crippen LogP contribution in [-0.2, 0) is 11.3 Å². The van der Waals surface area contributed by atoms with Crippen molar-refractivity contribution in [1.82, 2.24) is 4.98 Å². The molecule has 0 radical (unpaired) electrons. The number of carbonyl (C=O) groups excluding carboxylic acids is 1. The number of benzene rings is 1. The van der Waals surface area contributed by atoms with Gasteiger partial charge in [-0.1, -0.05) is 0 Å². The molecule has 0 unspecified atom stereocenters. The molecule has 0 aliphatic heterocycles. The molecule has 7 heteroatoms. The molecule has 3 rings (SSSR count). The van der Waals surface area contributed by atoms with Gasteiger partial charge < -0.3 is 19.0 Å². The Bertz CT molecular complexity index is 810. The van der Waals surface area contributed by atoms with Crippen LogP contribution in [0.3, 0.4) is 0 Å². The molecule has 0 aliphatic rings. The molecule has 1 aromatic carbocycles. The number of carbonyl (C=O) groups is 1. The van der Waals surface area contributed by atoms with Crippen LogP contribution in [0.25, 0.3) is 11.5 Å². The highest BCUT2D eigenvalue weighted by molar-refractivity contribution is 7.07. The molecule has 0 saturated heterocycles. The van der Waals surface area contributed by atoms with Gasteiger partial charge in [0.05, 0.1) is 12.7 Å². The van der Waals surface area contributed by atoms with Crippen LogP contribution < -0.4 is 4.74 Å². The van der Waals surface area contributed by atoms with Gasteiger partial charge in [0.1, 0.15) is 24.4 Å². The van der Waals surface area contributed by atoms with Crippen LogP contribution in [0.4, 0.5) is 0 Å². The van der Waals surface area contributed by atoms with Crippen molar-refractivity contribution >= 4 is 17.3 Å². The Morgan fingerprint density at radius 1 is 1.39 bits per heavy atom. The smallest absolute Gasteiger partial charge is 0.360 e. The van der Waals surface area contributed by atoms with E-state index in [1.165, 1.54) is 19.4 Å². The summed E-state index contributed by atoms with van der Waals surface area (Å²) >= 11 is 1.60. The number of thiophene rings is 1. The number of hydrogen-bond donors (Lipinski definition) is 1. The fourth-order valence-corrected chi connectivity index (χ4v) is 2.57. The van der Waals surface area contributed by atoms with Crippen LogP contribution >= 0.6 is 11.3 Å². The van der Waals surface area contributed by atoms with Crippen LogP contribution in [0.5, 0.6) is 11.5 Å². The van der Waals surface area contributed by atoms with Crippen molar-refractivity contribution in [2.45, 2.75) is 6.61 Å². The van der Waals surface area contributed by atoms with E-state index in [4.69, 9.17) is 9.15 Å². The number of ether oxygens (including phenoxy) is 2. The highest BCUT2D eigenvalue weighted by Gasteiger charge is 2.16. The second-order valence-electron chi connectivity index (χ2n) is 4.63. The molecule has 2 aromatic heterocycles. The van der Waals surface area contributed by atoms with Gasteiger partial charge in [-0.05, 0) is 34.5 Å². The Labute approximate surface area is 135 Å². The largest absolute Gasteiger partial charge is 0.507 e. The second-order valence-corrected chi connectivity index (χ2v) is 5.41. The van der Waals surface area contributed by atoms with Crippen molar-refractivity contribution in [1.29, 1.82) is 0 Å². The first-order valence-corrected chi connectivity index (χ1v) is 7.63. The second kappa shape index (κ2) is 6.53. The average Bonchev–Trinajstić information content (AvgIpc) is 3.24. The average molecular weight is 331 g/mol. The van der Waals surface area contributed by atoms with Crippen molar-refractivity contribution in [3.63, 3.8) is 0 Å². The lowest BCUT2D eigenvalue weighted by Crippen LogP contribution is -2.00. The minimum atomic E-state index is -0.602. The van der Waals surface area contributed by atoms with Gasteiger partial charge in [0.25, 0.3) is 0 Å². The fourth-order valence-electron chi connectivity index (χ4n) is 1.92. The molecule has 3 aromatic rings. The van der Waals surface area contributed by atoms with Gasteiger partial charge in [-0.3, -0.25) is 0 Å². The molecule has 1 N–H and O–H groups in total. The van der Waals surface area contributed by atoms with Gasteiger partial charge in [0.2, 0.25) is 5.89 Å². The summed E-state index contributed by atoms with van der Waals surface area (Å²) in [5, 5.41) is 14.1. The zero-order valence-electron chi connectivity index (χ0n) is 12.2. The Morgan fingerprint density at radius 3 is 2.96 bits per heavy atom. The maximum absolute atomic E-state index is 11.4. The first kappa shape index (κ1) is 15.1. The number of hydrogen-bond acceptors (Lipinski definition) is 7. The van der Waals surface area contributed by atoms with Gasteiger partial charge in [-0.2, -0.15) is 11.3 Å². The number of phenols is 1. The summed E-state index contributed by atoms with van der Waals surface area (Å²) in [6.45, 7) is 0.424. The van der Waals surface area contributed by atoms with E-state index in [-0.39, 0.29) is 17.3 Å². The molecule has 0 aliphatic carbocycles. The summed E-state index contributed by atoms with van der Waals surface area (Å²) < 4.78 is 15.4. The molecule has 118 valence electrons. The Kier molecular flexibility index (Phi) is 4.29. The minimum absolute atomic E-state index is 0.0414. The first-order chi connectivity index (χ1) is 11.2. The van der Waals surface area contributed by atoms with Gasteiger partial charge in [-0.25, -0.2) is 9.78 Å². The summed E-state index contributed by atoms with van der Waals surface area (Å²) in [6, 6.07) is 6.76. The number of methoxy groups -OCH3 is 1. The number of rotatable bonds is 5. The summed E-state index contributed by atoms with van der Waals surface area (Å²) in [7, 11) is 1.26. The molecule has 6 nitrogen and oxygen atoms in total.